The molecule has 6 nitrogen and oxygen atoms in total. The number of carbonyl (C=O) groups excluding carboxylic acids is 1. The van der Waals surface area contributed by atoms with E-state index in [9.17, 15) is 9.90 Å². The van der Waals surface area contributed by atoms with Crippen molar-refractivity contribution in [3.05, 3.63) is 34.2 Å². The highest BCUT2D eigenvalue weighted by atomic mass is 32.1. The normalized spacial score (nSPS) is 12.3. The van der Waals surface area contributed by atoms with Crippen molar-refractivity contribution >= 4 is 23.1 Å². The van der Waals surface area contributed by atoms with Crippen LogP contribution < -0.4 is 11.1 Å². The summed E-state index contributed by atoms with van der Waals surface area (Å²) >= 11 is 1.50. The number of anilines is 1. The first-order chi connectivity index (χ1) is 8.16. The molecular formula is C10H12N4O2S. The number of nitrogens with two attached hydrogens (primary N) is 1. The van der Waals surface area contributed by atoms with Crippen molar-refractivity contribution in [2.24, 2.45) is 0 Å². The molecular weight excluding hydrogens is 240 g/mol. The Balaban J connectivity index is 1.88. The Labute approximate surface area is 101 Å². The summed E-state index contributed by atoms with van der Waals surface area (Å²) in [5.41, 5.74) is 6.45. The molecule has 7 heteroatoms. The first-order valence-corrected chi connectivity index (χ1v) is 5.90. The molecule has 0 bridgehead atoms. The van der Waals surface area contributed by atoms with Gasteiger partial charge in [-0.15, -0.1) is 0 Å². The summed E-state index contributed by atoms with van der Waals surface area (Å²) in [4.78, 5) is 11.6. The van der Waals surface area contributed by atoms with Crippen LogP contribution in [0.25, 0.3) is 0 Å². The highest BCUT2D eigenvalue weighted by molar-refractivity contribution is 7.07. The predicted molar refractivity (Wildman–Crippen MR) is 64.6 cm³/mol. The lowest BCUT2D eigenvalue weighted by Crippen LogP contribution is -2.28. The second-order valence-electron chi connectivity index (χ2n) is 3.49. The van der Waals surface area contributed by atoms with Crippen LogP contribution in [0.5, 0.6) is 0 Å². The highest BCUT2D eigenvalue weighted by Crippen LogP contribution is 2.15. The number of nitrogen functional groups attached to an aromatic ring is 1. The van der Waals surface area contributed by atoms with E-state index in [1.54, 1.807) is 0 Å². The summed E-state index contributed by atoms with van der Waals surface area (Å²) in [6, 6.07) is 3.25. The second kappa shape index (κ2) is 4.98. The van der Waals surface area contributed by atoms with Gasteiger partial charge in [-0.05, 0) is 22.4 Å². The van der Waals surface area contributed by atoms with Crippen molar-refractivity contribution in [2.75, 3.05) is 12.3 Å². The van der Waals surface area contributed by atoms with Crippen LogP contribution in [0.2, 0.25) is 0 Å². The van der Waals surface area contributed by atoms with Gasteiger partial charge in [0.1, 0.15) is 11.5 Å². The summed E-state index contributed by atoms with van der Waals surface area (Å²) < 4.78 is 0. The minimum Gasteiger partial charge on any atom is -0.387 e. The summed E-state index contributed by atoms with van der Waals surface area (Å²) in [7, 11) is 0. The Morgan fingerprint density at radius 3 is 3.12 bits per heavy atom. The lowest BCUT2D eigenvalue weighted by atomic mass is 10.2. The molecule has 1 atom stereocenters. The van der Waals surface area contributed by atoms with Gasteiger partial charge in [-0.2, -0.15) is 16.4 Å². The predicted octanol–water partition coefficient (Wildman–Crippen LogP) is 0.517. The van der Waals surface area contributed by atoms with E-state index in [4.69, 9.17) is 5.73 Å². The van der Waals surface area contributed by atoms with Gasteiger partial charge < -0.3 is 16.2 Å². The molecule has 1 unspecified atom stereocenters. The zero-order valence-electron chi connectivity index (χ0n) is 8.88. The van der Waals surface area contributed by atoms with Crippen LogP contribution in [0.4, 0.5) is 5.82 Å². The number of aromatic amines is 1. The monoisotopic (exact) mass is 252 g/mol. The zero-order valence-corrected chi connectivity index (χ0v) is 9.70. The fraction of sp³-hybridized carbons (Fsp3) is 0.200. The quantitative estimate of drug-likeness (QED) is 0.636. The first kappa shape index (κ1) is 11.6. The molecule has 2 rings (SSSR count). The van der Waals surface area contributed by atoms with Crippen molar-refractivity contribution in [3.8, 4) is 0 Å². The third-order valence-corrected chi connectivity index (χ3v) is 2.93. The number of nitrogens with zero attached hydrogens (tertiary/aromatic N) is 1. The standard InChI is InChI=1S/C10H12N4O2S/c11-9-3-7(13-14-9)10(16)12-4-8(15)6-1-2-17-5-6/h1-3,5,8,15H,4H2,(H,12,16)(H3,11,13,14). The number of hydrogen-bond donors (Lipinski definition) is 4. The van der Waals surface area contributed by atoms with Crippen molar-refractivity contribution < 1.29 is 9.90 Å². The van der Waals surface area contributed by atoms with Gasteiger partial charge in [0, 0.05) is 12.6 Å². The van der Waals surface area contributed by atoms with Crippen LogP contribution in [0, 0.1) is 0 Å². The van der Waals surface area contributed by atoms with E-state index in [1.807, 2.05) is 16.8 Å². The molecule has 0 saturated heterocycles. The van der Waals surface area contributed by atoms with E-state index < -0.39 is 6.10 Å². The average molecular weight is 252 g/mol. The molecule has 0 spiro atoms. The molecule has 0 aliphatic heterocycles. The number of carbonyl (C=O) groups is 1. The largest absolute Gasteiger partial charge is 0.387 e. The van der Waals surface area contributed by atoms with Crippen LogP contribution in [-0.4, -0.2) is 27.8 Å². The molecule has 0 aliphatic carbocycles. The Bertz CT molecular complexity index is 494. The zero-order chi connectivity index (χ0) is 12.3. The van der Waals surface area contributed by atoms with Gasteiger partial charge in [0.2, 0.25) is 0 Å². The first-order valence-electron chi connectivity index (χ1n) is 4.96. The van der Waals surface area contributed by atoms with Gasteiger partial charge >= 0.3 is 0 Å². The molecule has 5 N–H and O–H groups in total. The number of rotatable bonds is 4. The molecule has 1 amide bonds. The Morgan fingerprint density at radius 1 is 1.71 bits per heavy atom. The number of aliphatic hydroxyl groups excluding tert-OH is 1. The number of amides is 1. The lowest BCUT2D eigenvalue weighted by molar-refractivity contribution is 0.0911. The third-order valence-electron chi connectivity index (χ3n) is 2.23. The Kier molecular flexibility index (Phi) is 3.40. The van der Waals surface area contributed by atoms with E-state index in [-0.39, 0.29) is 24.0 Å². The molecule has 0 fully saturated rings. The van der Waals surface area contributed by atoms with Gasteiger partial charge in [-0.3, -0.25) is 9.89 Å². The van der Waals surface area contributed by atoms with Gasteiger partial charge in [-0.1, -0.05) is 0 Å². The van der Waals surface area contributed by atoms with Crippen molar-refractivity contribution in [3.63, 3.8) is 0 Å². The van der Waals surface area contributed by atoms with E-state index >= 15 is 0 Å². The fourth-order valence-corrected chi connectivity index (χ4v) is 2.03. The highest BCUT2D eigenvalue weighted by Gasteiger charge is 2.12. The van der Waals surface area contributed by atoms with Crippen LogP contribution in [0.15, 0.2) is 22.9 Å². The summed E-state index contributed by atoms with van der Waals surface area (Å²) in [5, 5.41) is 22.2. The second-order valence-corrected chi connectivity index (χ2v) is 4.27. The van der Waals surface area contributed by atoms with Gasteiger partial charge in [-0.25, -0.2) is 0 Å². The maximum atomic E-state index is 11.6. The van der Waals surface area contributed by atoms with Gasteiger partial charge in [0.25, 0.3) is 5.91 Å². The van der Waals surface area contributed by atoms with Crippen molar-refractivity contribution in [2.45, 2.75) is 6.10 Å². The third kappa shape index (κ3) is 2.83. The molecule has 0 saturated carbocycles. The molecule has 0 radical (unpaired) electrons. The minimum atomic E-state index is -0.703. The molecule has 90 valence electrons. The van der Waals surface area contributed by atoms with Crippen LogP contribution in [-0.2, 0) is 0 Å². The Morgan fingerprint density at radius 2 is 2.53 bits per heavy atom. The number of aromatic nitrogens is 2. The van der Waals surface area contributed by atoms with Crippen LogP contribution in [0.3, 0.4) is 0 Å². The van der Waals surface area contributed by atoms with Crippen LogP contribution in [0.1, 0.15) is 22.2 Å². The summed E-state index contributed by atoms with van der Waals surface area (Å²) in [6.45, 7) is 0.147. The topological polar surface area (TPSA) is 104 Å². The van der Waals surface area contributed by atoms with Gasteiger partial charge in [0.15, 0.2) is 0 Å². The molecule has 2 aromatic heterocycles. The number of hydrogen-bond acceptors (Lipinski definition) is 5. The van der Waals surface area contributed by atoms with E-state index in [2.05, 4.69) is 15.5 Å². The Hall–Kier alpha value is -1.86. The number of H-pyrrole nitrogens is 1. The summed E-state index contributed by atoms with van der Waals surface area (Å²) in [6.07, 6.45) is -0.703. The maximum Gasteiger partial charge on any atom is 0.269 e. The number of thiophene rings is 1. The fourth-order valence-electron chi connectivity index (χ4n) is 1.32. The molecule has 0 aromatic carbocycles. The van der Waals surface area contributed by atoms with E-state index in [1.165, 1.54) is 17.4 Å². The van der Waals surface area contributed by atoms with Crippen molar-refractivity contribution in [1.29, 1.82) is 0 Å². The number of nitrogens with one attached hydrogen (secondary N) is 2. The number of aliphatic hydroxyl groups is 1. The smallest absolute Gasteiger partial charge is 0.269 e. The molecule has 17 heavy (non-hydrogen) atoms. The van der Waals surface area contributed by atoms with E-state index in [0.717, 1.165) is 5.56 Å². The maximum absolute atomic E-state index is 11.6. The lowest BCUT2D eigenvalue weighted by Gasteiger charge is -2.09. The van der Waals surface area contributed by atoms with Crippen molar-refractivity contribution in [1.82, 2.24) is 15.5 Å². The van der Waals surface area contributed by atoms with Crippen LogP contribution >= 0.6 is 11.3 Å². The summed E-state index contributed by atoms with van der Waals surface area (Å²) in [5.74, 6) is -0.0861. The van der Waals surface area contributed by atoms with E-state index in [0.29, 0.717) is 0 Å². The minimum absolute atomic E-state index is 0.147. The molecule has 2 heterocycles. The SMILES string of the molecule is Nc1cc(C(=O)NCC(O)c2ccsc2)[nH]n1. The molecule has 0 aliphatic rings. The average Bonchev–Trinajstić information content (AvgIpc) is 2.95. The van der Waals surface area contributed by atoms with Gasteiger partial charge in [0.05, 0.1) is 6.10 Å². The molecule has 2 aromatic rings.